The summed E-state index contributed by atoms with van der Waals surface area (Å²) in [5.41, 5.74) is 5.25. The van der Waals surface area contributed by atoms with Crippen LogP contribution in [-0.4, -0.2) is 47.7 Å². The SMILES string of the molecule is CC(C)CCN(CCO)C(=O)NC(CC(C)(C)C)C(N)=O. The molecule has 0 aliphatic carbocycles. The second-order valence-electron chi connectivity index (χ2n) is 7.06. The molecule has 0 radical (unpaired) electrons. The first-order valence-electron chi connectivity index (χ1n) is 7.52. The van der Waals surface area contributed by atoms with E-state index in [9.17, 15) is 9.59 Å². The fourth-order valence-electron chi connectivity index (χ4n) is 1.93. The quantitative estimate of drug-likeness (QED) is 0.631. The molecule has 0 aromatic rings. The summed E-state index contributed by atoms with van der Waals surface area (Å²) in [6.07, 6.45) is 1.32. The molecular formula is C15H31N3O3. The van der Waals surface area contributed by atoms with Crippen molar-refractivity contribution in [2.75, 3.05) is 19.7 Å². The molecule has 0 aliphatic heterocycles. The van der Waals surface area contributed by atoms with Crippen LogP contribution in [0.2, 0.25) is 0 Å². The molecule has 6 heteroatoms. The molecule has 4 N–H and O–H groups in total. The number of nitrogens with two attached hydrogens (primary N) is 1. The molecule has 1 atom stereocenters. The van der Waals surface area contributed by atoms with Crippen LogP contribution in [0, 0.1) is 11.3 Å². The zero-order valence-electron chi connectivity index (χ0n) is 14.0. The number of urea groups is 1. The Morgan fingerprint density at radius 2 is 1.81 bits per heavy atom. The minimum Gasteiger partial charge on any atom is -0.395 e. The summed E-state index contributed by atoms with van der Waals surface area (Å²) in [6, 6.07) is -1.05. The average molecular weight is 301 g/mol. The number of aliphatic hydroxyl groups excluding tert-OH is 1. The molecule has 0 rings (SSSR count). The Morgan fingerprint density at radius 3 is 2.19 bits per heavy atom. The molecule has 3 amide bonds. The molecule has 0 aromatic carbocycles. The third-order valence-electron chi connectivity index (χ3n) is 3.09. The number of nitrogens with one attached hydrogen (secondary N) is 1. The van der Waals surface area contributed by atoms with E-state index in [0.29, 0.717) is 18.9 Å². The molecule has 21 heavy (non-hydrogen) atoms. The minimum atomic E-state index is -0.697. The highest BCUT2D eigenvalue weighted by Gasteiger charge is 2.26. The summed E-state index contributed by atoms with van der Waals surface area (Å²) >= 11 is 0. The molecule has 0 saturated heterocycles. The Morgan fingerprint density at radius 1 is 1.24 bits per heavy atom. The average Bonchev–Trinajstić information content (AvgIpc) is 2.31. The molecule has 0 spiro atoms. The van der Waals surface area contributed by atoms with Crippen molar-refractivity contribution in [3.63, 3.8) is 0 Å². The van der Waals surface area contributed by atoms with E-state index in [2.05, 4.69) is 19.2 Å². The predicted octanol–water partition coefficient (Wildman–Crippen LogP) is 1.33. The largest absolute Gasteiger partial charge is 0.395 e. The Balaban J connectivity index is 4.70. The van der Waals surface area contributed by atoms with Gasteiger partial charge in [-0.15, -0.1) is 0 Å². The summed E-state index contributed by atoms with van der Waals surface area (Å²) in [5.74, 6) is -0.0772. The lowest BCUT2D eigenvalue weighted by Gasteiger charge is -2.28. The van der Waals surface area contributed by atoms with Gasteiger partial charge < -0.3 is 21.1 Å². The molecule has 0 aromatic heterocycles. The topological polar surface area (TPSA) is 95.7 Å². The van der Waals surface area contributed by atoms with E-state index in [1.54, 1.807) is 0 Å². The summed E-state index contributed by atoms with van der Waals surface area (Å²) in [7, 11) is 0. The zero-order valence-corrected chi connectivity index (χ0v) is 14.0. The summed E-state index contributed by atoms with van der Waals surface area (Å²) in [5, 5.41) is 11.8. The molecule has 0 bridgehead atoms. The molecule has 0 saturated carbocycles. The van der Waals surface area contributed by atoms with Gasteiger partial charge in [-0.2, -0.15) is 0 Å². The van der Waals surface area contributed by atoms with Crippen molar-refractivity contribution < 1.29 is 14.7 Å². The van der Waals surface area contributed by atoms with Crippen molar-refractivity contribution in [2.24, 2.45) is 17.1 Å². The number of aliphatic hydroxyl groups is 1. The van der Waals surface area contributed by atoms with Crippen LogP contribution in [0.4, 0.5) is 4.79 Å². The van der Waals surface area contributed by atoms with Gasteiger partial charge in [0.1, 0.15) is 6.04 Å². The van der Waals surface area contributed by atoms with Gasteiger partial charge in [0.15, 0.2) is 0 Å². The molecule has 0 fully saturated rings. The van der Waals surface area contributed by atoms with Gasteiger partial charge >= 0.3 is 6.03 Å². The second kappa shape index (κ2) is 8.87. The number of amides is 3. The van der Waals surface area contributed by atoms with Crippen LogP contribution in [0.1, 0.15) is 47.5 Å². The predicted molar refractivity (Wildman–Crippen MR) is 83.7 cm³/mol. The van der Waals surface area contributed by atoms with E-state index < -0.39 is 11.9 Å². The second-order valence-corrected chi connectivity index (χ2v) is 7.06. The smallest absolute Gasteiger partial charge is 0.318 e. The highest BCUT2D eigenvalue weighted by molar-refractivity contribution is 5.85. The third-order valence-corrected chi connectivity index (χ3v) is 3.09. The van der Waals surface area contributed by atoms with E-state index in [-0.39, 0.29) is 24.6 Å². The van der Waals surface area contributed by atoms with Crippen molar-refractivity contribution in [3.8, 4) is 0 Å². The van der Waals surface area contributed by atoms with Gasteiger partial charge in [-0.05, 0) is 24.2 Å². The van der Waals surface area contributed by atoms with Gasteiger partial charge in [-0.3, -0.25) is 4.79 Å². The fourth-order valence-corrected chi connectivity index (χ4v) is 1.93. The maximum atomic E-state index is 12.2. The van der Waals surface area contributed by atoms with Gasteiger partial charge in [-0.25, -0.2) is 4.79 Å². The van der Waals surface area contributed by atoms with Crippen LogP contribution in [0.5, 0.6) is 0 Å². The number of primary amides is 1. The maximum absolute atomic E-state index is 12.2. The first-order chi connectivity index (χ1) is 9.56. The van der Waals surface area contributed by atoms with Crippen LogP contribution in [0.3, 0.4) is 0 Å². The van der Waals surface area contributed by atoms with Crippen molar-refractivity contribution in [1.82, 2.24) is 10.2 Å². The maximum Gasteiger partial charge on any atom is 0.318 e. The number of rotatable bonds is 8. The van der Waals surface area contributed by atoms with Crippen molar-refractivity contribution in [3.05, 3.63) is 0 Å². The number of nitrogens with zero attached hydrogens (tertiary/aromatic N) is 1. The monoisotopic (exact) mass is 301 g/mol. The Labute approximate surface area is 128 Å². The van der Waals surface area contributed by atoms with E-state index in [0.717, 1.165) is 6.42 Å². The lowest BCUT2D eigenvalue weighted by molar-refractivity contribution is -0.120. The Bertz CT molecular complexity index is 338. The van der Waals surface area contributed by atoms with E-state index in [4.69, 9.17) is 10.8 Å². The number of carbonyl (C=O) groups excluding carboxylic acids is 2. The highest BCUT2D eigenvalue weighted by atomic mass is 16.3. The zero-order chi connectivity index (χ0) is 16.6. The first kappa shape index (κ1) is 19.7. The van der Waals surface area contributed by atoms with Gasteiger partial charge in [-0.1, -0.05) is 34.6 Å². The van der Waals surface area contributed by atoms with Crippen LogP contribution in [-0.2, 0) is 4.79 Å². The van der Waals surface area contributed by atoms with Crippen LogP contribution in [0.15, 0.2) is 0 Å². The van der Waals surface area contributed by atoms with Crippen LogP contribution >= 0.6 is 0 Å². The third kappa shape index (κ3) is 9.28. The van der Waals surface area contributed by atoms with Gasteiger partial charge in [0.2, 0.25) is 5.91 Å². The minimum absolute atomic E-state index is 0.105. The van der Waals surface area contributed by atoms with Crippen molar-refractivity contribution in [1.29, 1.82) is 0 Å². The number of hydrogen-bond acceptors (Lipinski definition) is 3. The molecule has 1 unspecified atom stereocenters. The fraction of sp³-hybridized carbons (Fsp3) is 0.867. The molecular weight excluding hydrogens is 270 g/mol. The van der Waals surface area contributed by atoms with E-state index >= 15 is 0 Å². The van der Waals surface area contributed by atoms with Crippen molar-refractivity contribution >= 4 is 11.9 Å². The first-order valence-corrected chi connectivity index (χ1v) is 7.52. The Hall–Kier alpha value is -1.30. The highest BCUT2D eigenvalue weighted by Crippen LogP contribution is 2.20. The normalized spacial score (nSPS) is 13.1. The molecule has 0 heterocycles. The standard InChI is InChI=1S/C15H31N3O3/c1-11(2)6-7-18(8-9-19)14(21)17-12(13(16)20)10-15(3,4)5/h11-12,19H,6-10H2,1-5H3,(H2,16,20)(H,17,21). The summed E-state index contributed by atoms with van der Waals surface area (Å²) in [6.45, 7) is 10.8. The van der Waals surface area contributed by atoms with Gasteiger partial charge in [0.25, 0.3) is 0 Å². The summed E-state index contributed by atoms with van der Waals surface area (Å²) < 4.78 is 0. The van der Waals surface area contributed by atoms with Crippen LogP contribution < -0.4 is 11.1 Å². The number of hydrogen-bond donors (Lipinski definition) is 3. The molecule has 124 valence electrons. The molecule has 6 nitrogen and oxygen atoms in total. The van der Waals surface area contributed by atoms with Gasteiger partial charge in [0, 0.05) is 13.1 Å². The van der Waals surface area contributed by atoms with Crippen molar-refractivity contribution in [2.45, 2.75) is 53.5 Å². The summed E-state index contributed by atoms with van der Waals surface area (Å²) in [4.78, 5) is 25.3. The Kier molecular flexibility index (Phi) is 8.32. The van der Waals surface area contributed by atoms with Gasteiger partial charge in [0.05, 0.1) is 6.61 Å². The lowest BCUT2D eigenvalue weighted by atomic mass is 9.88. The lowest BCUT2D eigenvalue weighted by Crippen LogP contribution is -2.52. The molecule has 0 aliphatic rings. The van der Waals surface area contributed by atoms with E-state index in [1.165, 1.54) is 4.90 Å². The van der Waals surface area contributed by atoms with Crippen LogP contribution in [0.25, 0.3) is 0 Å². The van der Waals surface area contributed by atoms with E-state index in [1.807, 2.05) is 20.8 Å². The number of carbonyl (C=O) groups is 2.